The molecule has 0 fully saturated rings. The molecule has 1 aromatic heterocycles. The summed E-state index contributed by atoms with van der Waals surface area (Å²) in [7, 11) is -3.88. The summed E-state index contributed by atoms with van der Waals surface area (Å²) in [6.45, 7) is 1.80. The maximum Gasteiger partial charge on any atom is 0.452 e. The molecule has 0 spiro atoms. The Balaban J connectivity index is 2.50. The number of nitrogens with zero attached hydrogens (tertiary/aromatic N) is 2. The van der Waals surface area contributed by atoms with E-state index in [0.29, 0.717) is 11.3 Å². The topological polar surface area (TPSA) is 153 Å². The van der Waals surface area contributed by atoms with Crippen molar-refractivity contribution in [2.45, 2.75) is 32.6 Å². The maximum atomic E-state index is 12.9. The van der Waals surface area contributed by atoms with Gasteiger partial charge in [-0.2, -0.15) is 13.2 Å². The minimum absolute atomic E-state index is 0.0718. The summed E-state index contributed by atoms with van der Waals surface area (Å²) in [5, 5.41) is 2.00. The predicted octanol–water partition coefficient (Wildman–Crippen LogP) is 1.14. The summed E-state index contributed by atoms with van der Waals surface area (Å²) in [5.41, 5.74) is 4.91. The molecule has 0 unspecified atom stereocenters. The van der Waals surface area contributed by atoms with E-state index in [4.69, 9.17) is 5.73 Å². The molecule has 1 aromatic carbocycles. The highest BCUT2D eigenvalue weighted by Gasteiger charge is 2.45. The van der Waals surface area contributed by atoms with Gasteiger partial charge in [-0.05, 0) is 30.2 Å². The highest BCUT2D eigenvalue weighted by atomic mass is 32.2. The van der Waals surface area contributed by atoms with Crippen LogP contribution in [0.2, 0.25) is 0 Å². The molecule has 0 aliphatic heterocycles. The van der Waals surface area contributed by atoms with Crippen LogP contribution in [0.5, 0.6) is 0 Å². The molecule has 1 heterocycles. The zero-order chi connectivity index (χ0) is 25.1. The number of nitrogens with two attached hydrogens (primary N) is 1. The Morgan fingerprint density at radius 2 is 1.76 bits per heavy atom. The molecule has 2 rings (SSSR count). The van der Waals surface area contributed by atoms with Gasteiger partial charge in [-0.1, -0.05) is 13.8 Å². The number of amides is 1. The molecule has 1 atom stereocenters. The fraction of sp³-hybridized carbons (Fsp3) is 0.368. The summed E-state index contributed by atoms with van der Waals surface area (Å²) < 4.78 is 64.5. The molecule has 10 nitrogen and oxygen atoms in total. The van der Waals surface area contributed by atoms with E-state index in [1.807, 2.05) is 10.0 Å². The van der Waals surface area contributed by atoms with Crippen LogP contribution in [0.15, 0.2) is 35.3 Å². The zero-order valence-corrected chi connectivity index (χ0v) is 18.6. The second-order valence-corrected chi connectivity index (χ2v) is 9.28. The van der Waals surface area contributed by atoms with Crippen molar-refractivity contribution in [1.82, 2.24) is 14.9 Å². The number of alkyl halides is 3. The van der Waals surface area contributed by atoms with Crippen molar-refractivity contribution < 1.29 is 31.2 Å². The molecular weight excluding hydrogens is 467 g/mol. The Morgan fingerprint density at radius 1 is 1.18 bits per heavy atom. The number of ketones is 1. The number of carbonyl (C=O) groups excluding carboxylic acids is 2. The van der Waals surface area contributed by atoms with Crippen LogP contribution in [-0.2, 0) is 26.2 Å². The standard InChI is InChI=1S/C19H22F3N5O5S/c1-10(2)15(16(29)19(20,21)22)25-14(28)9-27-17(11-4-6-12(23)7-5-11)24-8-13(18(27)30)26-33(3,31)32/h4-8,10,15,26H,9,23H2,1-3H3,(H,25,28)/t15-/m0/s1. The highest BCUT2D eigenvalue weighted by Crippen LogP contribution is 2.22. The highest BCUT2D eigenvalue weighted by molar-refractivity contribution is 7.92. The van der Waals surface area contributed by atoms with Crippen LogP contribution in [0, 0.1) is 5.92 Å². The van der Waals surface area contributed by atoms with Crippen LogP contribution in [0.25, 0.3) is 11.4 Å². The second-order valence-electron chi connectivity index (χ2n) is 7.53. The average Bonchev–Trinajstić information content (AvgIpc) is 2.67. The molecule has 0 aliphatic rings. The van der Waals surface area contributed by atoms with Gasteiger partial charge in [-0.3, -0.25) is 23.7 Å². The number of hydrogen-bond donors (Lipinski definition) is 3. The van der Waals surface area contributed by atoms with E-state index in [1.165, 1.54) is 38.1 Å². The molecule has 0 bridgehead atoms. The minimum atomic E-state index is -5.17. The first-order valence-corrected chi connectivity index (χ1v) is 11.3. The first-order valence-electron chi connectivity index (χ1n) is 9.44. The molecule has 0 radical (unpaired) electrons. The third-order valence-corrected chi connectivity index (χ3v) is 4.95. The summed E-state index contributed by atoms with van der Waals surface area (Å²) in [4.78, 5) is 41.2. The van der Waals surface area contributed by atoms with Gasteiger partial charge in [0.15, 0.2) is 0 Å². The summed E-state index contributed by atoms with van der Waals surface area (Å²) in [6, 6.07) is 4.08. The first-order chi connectivity index (χ1) is 15.1. The Kier molecular flexibility index (Phi) is 7.52. The van der Waals surface area contributed by atoms with Crippen molar-refractivity contribution in [3.05, 3.63) is 40.8 Å². The van der Waals surface area contributed by atoms with Crippen molar-refractivity contribution in [3.63, 3.8) is 0 Å². The van der Waals surface area contributed by atoms with Gasteiger partial charge in [0.05, 0.1) is 18.5 Å². The van der Waals surface area contributed by atoms with Crippen LogP contribution in [0.1, 0.15) is 13.8 Å². The number of aromatic nitrogens is 2. The number of Topliss-reactive ketones (excluding diaryl/α,β-unsaturated/α-hetero) is 1. The number of nitrogen functional groups attached to an aromatic ring is 1. The lowest BCUT2D eigenvalue weighted by Gasteiger charge is -2.23. The van der Waals surface area contributed by atoms with Gasteiger partial charge in [0, 0.05) is 11.3 Å². The van der Waals surface area contributed by atoms with E-state index in [-0.39, 0.29) is 5.82 Å². The molecule has 33 heavy (non-hydrogen) atoms. The summed E-state index contributed by atoms with van der Waals surface area (Å²) in [5.74, 6) is -4.18. The van der Waals surface area contributed by atoms with Crippen molar-refractivity contribution in [2.24, 2.45) is 5.92 Å². The Bertz CT molecular complexity index is 1210. The molecule has 0 saturated carbocycles. The number of rotatable bonds is 8. The third-order valence-electron chi connectivity index (χ3n) is 4.36. The first kappa shape index (κ1) is 25.8. The molecule has 180 valence electrons. The molecular formula is C19H22F3N5O5S. The van der Waals surface area contributed by atoms with Crippen molar-refractivity contribution in [1.29, 1.82) is 0 Å². The van der Waals surface area contributed by atoms with Crippen LogP contribution in [0.4, 0.5) is 24.5 Å². The molecule has 0 aliphatic carbocycles. The number of nitrogens with one attached hydrogen (secondary N) is 2. The van der Waals surface area contributed by atoms with Crippen molar-refractivity contribution in [2.75, 3.05) is 16.7 Å². The van der Waals surface area contributed by atoms with Crippen LogP contribution >= 0.6 is 0 Å². The van der Waals surface area contributed by atoms with Crippen molar-refractivity contribution in [3.8, 4) is 11.4 Å². The number of sulfonamides is 1. The van der Waals surface area contributed by atoms with E-state index in [0.717, 1.165) is 17.0 Å². The second kappa shape index (κ2) is 9.60. The number of anilines is 2. The van der Waals surface area contributed by atoms with Gasteiger partial charge in [0.25, 0.3) is 11.3 Å². The monoisotopic (exact) mass is 489 g/mol. The minimum Gasteiger partial charge on any atom is -0.399 e. The number of hydrogen-bond acceptors (Lipinski definition) is 7. The number of carbonyl (C=O) groups is 2. The Morgan fingerprint density at radius 3 is 2.24 bits per heavy atom. The quantitative estimate of drug-likeness (QED) is 0.470. The predicted molar refractivity (Wildman–Crippen MR) is 115 cm³/mol. The van der Waals surface area contributed by atoms with Crippen LogP contribution < -0.4 is 21.3 Å². The van der Waals surface area contributed by atoms with E-state index in [1.54, 1.807) is 0 Å². The van der Waals surface area contributed by atoms with Crippen LogP contribution in [0.3, 0.4) is 0 Å². The normalized spacial score (nSPS) is 12.9. The van der Waals surface area contributed by atoms with Gasteiger partial charge >= 0.3 is 6.18 Å². The lowest BCUT2D eigenvalue weighted by molar-refractivity contribution is -0.174. The Hall–Kier alpha value is -3.42. The number of halogens is 3. The van der Waals surface area contributed by atoms with Gasteiger partial charge < -0.3 is 11.1 Å². The van der Waals surface area contributed by atoms with Gasteiger partial charge in [-0.25, -0.2) is 13.4 Å². The van der Waals surface area contributed by atoms with E-state index in [9.17, 15) is 36.0 Å². The van der Waals surface area contributed by atoms with E-state index in [2.05, 4.69) is 4.98 Å². The third kappa shape index (κ3) is 6.78. The van der Waals surface area contributed by atoms with Gasteiger partial charge in [0.2, 0.25) is 15.9 Å². The van der Waals surface area contributed by atoms with Gasteiger partial charge in [0.1, 0.15) is 18.1 Å². The summed E-state index contributed by atoms with van der Waals surface area (Å²) in [6.07, 6.45) is -3.42. The molecule has 0 saturated heterocycles. The zero-order valence-electron chi connectivity index (χ0n) is 17.8. The van der Waals surface area contributed by atoms with Crippen LogP contribution in [-0.4, -0.2) is 48.1 Å². The summed E-state index contributed by atoms with van der Waals surface area (Å²) >= 11 is 0. The molecule has 1 amide bonds. The largest absolute Gasteiger partial charge is 0.452 e. The van der Waals surface area contributed by atoms with E-state index >= 15 is 0 Å². The molecule has 4 N–H and O–H groups in total. The number of benzene rings is 1. The molecule has 14 heteroatoms. The SMILES string of the molecule is CC(C)[C@H](NC(=O)Cn1c(-c2ccc(N)cc2)ncc(NS(C)(=O)=O)c1=O)C(=O)C(F)(F)F. The fourth-order valence-corrected chi connectivity index (χ4v) is 3.38. The average molecular weight is 489 g/mol. The lowest BCUT2D eigenvalue weighted by atomic mass is 9.99. The van der Waals surface area contributed by atoms with Gasteiger partial charge in [-0.15, -0.1) is 0 Å². The van der Waals surface area contributed by atoms with Crippen molar-refractivity contribution >= 4 is 33.1 Å². The molecule has 2 aromatic rings. The maximum absolute atomic E-state index is 12.9. The lowest BCUT2D eigenvalue weighted by Crippen LogP contribution is -2.51. The Labute approximate surface area is 187 Å². The smallest absolute Gasteiger partial charge is 0.399 e. The fourth-order valence-electron chi connectivity index (χ4n) is 2.85. The van der Waals surface area contributed by atoms with E-state index < -0.39 is 57.6 Å².